The molecule has 2 aliphatic rings. The van der Waals surface area contributed by atoms with Gasteiger partial charge in [-0.3, -0.25) is 14.6 Å². The van der Waals surface area contributed by atoms with Crippen LogP contribution in [0.15, 0.2) is 29.3 Å². The topological polar surface area (TPSA) is 85.8 Å². The van der Waals surface area contributed by atoms with Crippen LogP contribution in [-0.2, 0) is 11.3 Å². The molecule has 2 fully saturated rings. The van der Waals surface area contributed by atoms with Crippen LogP contribution in [-0.4, -0.2) is 66.9 Å². The van der Waals surface area contributed by atoms with Gasteiger partial charge in [0.1, 0.15) is 0 Å². The predicted molar refractivity (Wildman–Crippen MR) is 109 cm³/mol. The van der Waals surface area contributed by atoms with Gasteiger partial charge in [0, 0.05) is 44.0 Å². The highest BCUT2D eigenvalue weighted by Gasteiger charge is 2.22. The minimum atomic E-state index is -0.106. The van der Waals surface area contributed by atoms with Gasteiger partial charge in [-0.1, -0.05) is 12.1 Å². The maximum absolute atomic E-state index is 12.5. The lowest BCUT2D eigenvalue weighted by Gasteiger charge is -2.26. The average Bonchev–Trinajstić information content (AvgIpc) is 3.21. The van der Waals surface area contributed by atoms with Crippen LogP contribution in [0.5, 0.6) is 0 Å². The van der Waals surface area contributed by atoms with Gasteiger partial charge in [0.25, 0.3) is 5.91 Å². The summed E-state index contributed by atoms with van der Waals surface area (Å²) in [6, 6.07) is 7.50. The first-order valence-corrected chi connectivity index (χ1v) is 10.4. The van der Waals surface area contributed by atoms with Crippen molar-refractivity contribution in [2.45, 2.75) is 24.6 Å². The number of amides is 2. The molecule has 0 radical (unpaired) electrons. The van der Waals surface area contributed by atoms with Gasteiger partial charge in [0.15, 0.2) is 5.96 Å². The molecule has 2 aliphatic heterocycles. The second-order valence-electron chi connectivity index (χ2n) is 6.72. The molecule has 3 N–H and O–H groups in total. The van der Waals surface area contributed by atoms with Crippen molar-refractivity contribution < 1.29 is 9.59 Å². The smallest absolute Gasteiger partial charge is 0.254 e. The third kappa shape index (κ3) is 5.63. The molecular weight excluding hydrogens is 362 g/mol. The maximum atomic E-state index is 12.5. The summed E-state index contributed by atoms with van der Waals surface area (Å²) in [6.45, 7) is 2.76. The molecule has 2 saturated heterocycles. The van der Waals surface area contributed by atoms with Crippen molar-refractivity contribution in [1.29, 1.82) is 0 Å². The number of carbonyl (C=O) groups is 2. The molecule has 0 saturated carbocycles. The lowest BCUT2D eigenvalue weighted by molar-refractivity contribution is -0.123. The molecule has 27 heavy (non-hydrogen) atoms. The molecule has 2 heterocycles. The zero-order valence-electron chi connectivity index (χ0n) is 15.7. The largest absolute Gasteiger partial charge is 0.355 e. The standard InChI is InChI=1S/C19H27N5O2S/c1-20-19(23-12-16-3-2-10-27-16)22-11-14-4-6-15(7-5-14)18(26)24-9-8-21-17(25)13-24/h4-7,16H,2-3,8-13H2,1H3,(H,21,25)(H2,20,22,23). The molecule has 146 valence electrons. The van der Waals surface area contributed by atoms with E-state index in [-0.39, 0.29) is 18.4 Å². The van der Waals surface area contributed by atoms with Crippen LogP contribution in [0.2, 0.25) is 0 Å². The Morgan fingerprint density at radius 1 is 1.33 bits per heavy atom. The molecule has 1 atom stereocenters. The molecule has 7 nitrogen and oxygen atoms in total. The highest BCUT2D eigenvalue weighted by atomic mass is 32.2. The number of nitrogens with one attached hydrogen (secondary N) is 3. The monoisotopic (exact) mass is 389 g/mol. The Balaban J connectivity index is 1.47. The van der Waals surface area contributed by atoms with Crippen LogP contribution in [0.25, 0.3) is 0 Å². The van der Waals surface area contributed by atoms with Crippen molar-refractivity contribution in [2.24, 2.45) is 4.99 Å². The summed E-state index contributed by atoms with van der Waals surface area (Å²) in [4.78, 5) is 29.8. The number of carbonyl (C=O) groups excluding carboxylic acids is 2. The third-order valence-corrected chi connectivity index (χ3v) is 6.13. The number of hydrogen-bond donors (Lipinski definition) is 3. The van der Waals surface area contributed by atoms with Crippen molar-refractivity contribution >= 4 is 29.5 Å². The fourth-order valence-electron chi connectivity index (χ4n) is 3.18. The first-order valence-electron chi connectivity index (χ1n) is 9.37. The van der Waals surface area contributed by atoms with Crippen molar-refractivity contribution in [2.75, 3.05) is 39.0 Å². The Morgan fingerprint density at radius 3 is 2.81 bits per heavy atom. The molecule has 0 bridgehead atoms. The summed E-state index contributed by atoms with van der Waals surface area (Å²) in [6.07, 6.45) is 2.57. The second-order valence-corrected chi connectivity index (χ2v) is 8.12. The van der Waals surface area contributed by atoms with Crippen LogP contribution >= 0.6 is 11.8 Å². The number of aliphatic imine (C=N–C) groups is 1. The molecule has 0 aliphatic carbocycles. The van der Waals surface area contributed by atoms with Crippen LogP contribution in [0.1, 0.15) is 28.8 Å². The highest BCUT2D eigenvalue weighted by molar-refractivity contribution is 8.00. The highest BCUT2D eigenvalue weighted by Crippen LogP contribution is 2.25. The summed E-state index contributed by atoms with van der Waals surface area (Å²) in [5.41, 5.74) is 1.68. The average molecular weight is 390 g/mol. The number of guanidine groups is 1. The fourth-order valence-corrected chi connectivity index (χ4v) is 4.38. The van der Waals surface area contributed by atoms with Gasteiger partial charge in [-0.15, -0.1) is 0 Å². The van der Waals surface area contributed by atoms with E-state index in [0.29, 0.717) is 30.4 Å². The van der Waals surface area contributed by atoms with Crippen molar-refractivity contribution in [3.05, 3.63) is 35.4 Å². The second kappa shape index (κ2) is 9.64. The third-order valence-electron chi connectivity index (χ3n) is 4.73. The van der Waals surface area contributed by atoms with Gasteiger partial charge in [-0.25, -0.2) is 0 Å². The van der Waals surface area contributed by atoms with Crippen molar-refractivity contribution in [3.8, 4) is 0 Å². The summed E-state index contributed by atoms with van der Waals surface area (Å²) in [5, 5.41) is 10.1. The lowest BCUT2D eigenvalue weighted by atomic mass is 10.1. The SMILES string of the molecule is CN=C(NCc1ccc(C(=O)N2CCNC(=O)C2)cc1)NCC1CCCS1. The van der Waals surface area contributed by atoms with Crippen LogP contribution in [0.3, 0.4) is 0 Å². The molecule has 3 rings (SSSR count). The number of piperazine rings is 1. The van der Waals surface area contributed by atoms with Crippen LogP contribution < -0.4 is 16.0 Å². The molecule has 0 spiro atoms. The van der Waals surface area contributed by atoms with E-state index in [9.17, 15) is 9.59 Å². The van der Waals surface area contributed by atoms with Gasteiger partial charge >= 0.3 is 0 Å². The molecule has 2 amide bonds. The van der Waals surface area contributed by atoms with E-state index < -0.39 is 0 Å². The maximum Gasteiger partial charge on any atom is 0.254 e. The fraction of sp³-hybridized carbons (Fsp3) is 0.526. The minimum absolute atomic E-state index is 0.101. The summed E-state index contributed by atoms with van der Waals surface area (Å²) in [7, 11) is 1.77. The molecular formula is C19H27N5O2S. The Kier molecular flexibility index (Phi) is 6.98. The molecule has 1 unspecified atom stereocenters. The number of rotatable bonds is 5. The Hall–Kier alpha value is -2.22. The van der Waals surface area contributed by atoms with E-state index in [0.717, 1.165) is 18.1 Å². The van der Waals surface area contributed by atoms with Gasteiger partial charge in [-0.05, 0) is 36.3 Å². The van der Waals surface area contributed by atoms with Gasteiger partial charge in [-0.2, -0.15) is 11.8 Å². The Labute approximate surface area is 164 Å². The van der Waals surface area contributed by atoms with Crippen LogP contribution in [0, 0.1) is 0 Å². The Morgan fingerprint density at radius 2 is 2.15 bits per heavy atom. The quantitative estimate of drug-likeness (QED) is 0.513. The first kappa shape index (κ1) is 19.5. The molecule has 8 heteroatoms. The number of thioether (sulfide) groups is 1. The van der Waals surface area contributed by atoms with Gasteiger partial charge in [0.2, 0.25) is 5.91 Å². The molecule has 1 aromatic rings. The zero-order chi connectivity index (χ0) is 19.1. The lowest BCUT2D eigenvalue weighted by Crippen LogP contribution is -2.49. The zero-order valence-corrected chi connectivity index (χ0v) is 16.5. The van der Waals surface area contributed by atoms with Crippen LogP contribution in [0.4, 0.5) is 0 Å². The minimum Gasteiger partial charge on any atom is -0.355 e. The van der Waals surface area contributed by atoms with E-state index in [1.54, 1.807) is 11.9 Å². The number of benzene rings is 1. The summed E-state index contributed by atoms with van der Waals surface area (Å²) >= 11 is 2.02. The van der Waals surface area contributed by atoms with E-state index in [1.165, 1.54) is 18.6 Å². The number of hydrogen-bond acceptors (Lipinski definition) is 4. The van der Waals surface area contributed by atoms with Gasteiger partial charge < -0.3 is 20.9 Å². The first-order chi connectivity index (χ1) is 13.2. The van der Waals surface area contributed by atoms with E-state index >= 15 is 0 Å². The van der Waals surface area contributed by atoms with Crippen molar-refractivity contribution in [3.63, 3.8) is 0 Å². The van der Waals surface area contributed by atoms with Crippen molar-refractivity contribution in [1.82, 2.24) is 20.9 Å². The number of nitrogens with zero attached hydrogens (tertiary/aromatic N) is 2. The molecule has 0 aromatic heterocycles. The Bertz CT molecular complexity index is 686. The van der Waals surface area contributed by atoms with Gasteiger partial charge in [0.05, 0.1) is 6.54 Å². The van der Waals surface area contributed by atoms with E-state index in [2.05, 4.69) is 20.9 Å². The molecule has 1 aromatic carbocycles. The normalized spacial score (nSPS) is 20.3. The predicted octanol–water partition coefficient (Wildman–Crippen LogP) is 0.819. The van der Waals surface area contributed by atoms with E-state index in [1.807, 2.05) is 36.0 Å². The summed E-state index contributed by atoms with van der Waals surface area (Å²) < 4.78 is 0. The summed E-state index contributed by atoms with van der Waals surface area (Å²) in [5.74, 6) is 1.84. The van der Waals surface area contributed by atoms with E-state index in [4.69, 9.17) is 0 Å².